The fourth-order valence-electron chi connectivity index (χ4n) is 7.91. The van der Waals surface area contributed by atoms with Crippen molar-refractivity contribution in [2.45, 2.75) is 0 Å². The van der Waals surface area contributed by atoms with Crippen LogP contribution in [0.5, 0.6) is 0 Å². The van der Waals surface area contributed by atoms with Gasteiger partial charge in [0.2, 0.25) is 0 Å². The molecule has 0 amide bonds. The van der Waals surface area contributed by atoms with E-state index in [0.29, 0.717) is 17.5 Å². The molecule has 0 aliphatic carbocycles. The minimum atomic E-state index is 0.632. The molecule has 0 fully saturated rings. The molecule has 3 heterocycles. The van der Waals surface area contributed by atoms with Crippen LogP contribution in [0, 0.1) is 0 Å². The van der Waals surface area contributed by atoms with Gasteiger partial charge in [-0.05, 0) is 64.7 Å². The molecular weight excluding hydrogens is 701 g/mol. The molecule has 0 radical (unpaired) electrons. The molecule has 0 unspecified atom stereocenters. The molecule has 0 aliphatic rings. The van der Waals surface area contributed by atoms with Crippen molar-refractivity contribution in [2.24, 2.45) is 0 Å². The van der Waals surface area contributed by atoms with E-state index in [1.54, 1.807) is 11.3 Å². The van der Waals surface area contributed by atoms with Crippen LogP contribution in [0.4, 0.5) is 0 Å². The van der Waals surface area contributed by atoms with E-state index in [2.05, 4.69) is 199 Å². The van der Waals surface area contributed by atoms with Crippen molar-refractivity contribution in [1.29, 1.82) is 0 Å². The normalized spacial score (nSPS) is 11.6. The zero-order valence-electron chi connectivity index (χ0n) is 30.2. The second-order valence-corrected chi connectivity index (χ2v) is 15.1. The highest BCUT2D eigenvalue weighted by Gasteiger charge is 2.17. The molecule has 0 N–H and O–H groups in total. The van der Waals surface area contributed by atoms with E-state index in [1.165, 1.54) is 42.1 Å². The zero-order chi connectivity index (χ0) is 37.0. The van der Waals surface area contributed by atoms with Gasteiger partial charge in [-0.1, -0.05) is 152 Å². The van der Waals surface area contributed by atoms with E-state index in [0.717, 1.165) is 44.5 Å². The first-order valence-electron chi connectivity index (χ1n) is 18.8. The largest absolute Gasteiger partial charge is 0.309 e. The molecule has 3 aromatic heterocycles. The van der Waals surface area contributed by atoms with Crippen molar-refractivity contribution >= 4 is 53.3 Å². The molecule has 56 heavy (non-hydrogen) atoms. The van der Waals surface area contributed by atoms with Gasteiger partial charge in [0, 0.05) is 53.3 Å². The van der Waals surface area contributed by atoms with E-state index in [9.17, 15) is 0 Å². The Morgan fingerprint density at radius 1 is 0.304 bits per heavy atom. The highest BCUT2D eigenvalue weighted by atomic mass is 32.1. The topological polar surface area (TPSA) is 43.6 Å². The maximum Gasteiger partial charge on any atom is 0.164 e. The van der Waals surface area contributed by atoms with E-state index >= 15 is 0 Å². The Morgan fingerprint density at radius 2 is 0.804 bits per heavy atom. The Balaban J connectivity index is 1.06. The summed E-state index contributed by atoms with van der Waals surface area (Å²) in [6, 6.07) is 68.6. The van der Waals surface area contributed by atoms with Crippen molar-refractivity contribution in [1.82, 2.24) is 19.5 Å². The number of para-hydroxylation sites is 2. The highest BCUT2D eigenvalue weighted by Crippen LogP contribution is 2.38. The van der Waals surface area contributed by atoms with Gasteiger partial charge in [0.1, 0.15) is 0 Å². The van der Waals surface area contributed by atoms with Crippen LogP contribution in [0.2, 0.25) is 0 Å². The van der Waals surface area contributed by atoms with Crippen LogP contribution in [0.1, 0.15) is 0 Å². The van der Waals surface area contributed by atoms with Crippen LogP contribution >= 0.6 is 11.3 Å². The van der Waals surface area contributed by atoms with Gasteiger partial charge in [-0.15, -0.1) is 11.3 Å². The molecule has 0 bridgehead atoms. The predicted molar refractivity (Wildman–Crippen MR) is 234 cm³/mol. The molecule has 8 aromatic carbocycles. The van der Waals surface area contributed by atoms with Crippen molar-refractivity contribution in [3.05, 3.63) is 194 Å². The summed E-state index contributed by atoms with van der Waals surface area (Å²) < 4.78 is 4.81. The van der Waals surface area contributed by atoms with Gasteiger partial charge in [0.05, 0.1) is 11.0 Å². The third kappa shape index (κ3) is 5.56. The van der Waals surface area contributed by atoms with Crippen molar-refractivity contribution in [2.75, 3.05) is 0 Å². The summed E-state index contributed by atoms with van der Waals surface area (Å²) in [5.41, 5.74) is 10.9. The minimum Gasteiger partial charge on any atom is -0.309 e. The SMILES string of the molecule is c1ccc(-c2cccc(-c3ccc(-c4nc(-c5ccc6c(c5)sc5ccccc56)nc(-c5ccc6c7ccccc7n(-c7ccccc7)c6c5)n4)cc3)c2)cc1. The van der Waals surface area contributed by atoms with Crippen LogP contribution in [0.3, 0.4) is 0 Å². The Morgan fingerprint density at radius 3 is 1.55 bits per heavy atom. The molecule has 0 saturated heterocycles. The quantitative estimate of drug-likeness (QED) is 0.171. The van der Waals surface area contributed by atoms with Crippen LogP contribution in [0.25, 0.3) is 104 Å². The smallest absolute Gasteiger partial charge is 0.164 e. The minimum absolute atomic E-state index is 0.632. The number of hydrogen-bond donors (Lipinski definition) is 0. The van der Waals surface area contributed by atoms with Gasteiger partial charge >= 0.3 is 0 Å². The van der Waals surface area contributed by atoms with Gasteiger partial charge in [0.25, 0.3) is 0 Å². The molecule has 11 rings (SSSR count). The first-order chi connectivity index (χ1) is 27.7. The summed E-state index contributed by atoms with van der Waals surface area (Å²) in [4.78, 5) is 15.5. The molecule has 0 atom stereocenters. The van der Waals surface area contributed by atoms with Crippen molar-refractivity contribution in [3.8, 4) is 62.1 Å². The lowest BCUT2D eigenvalue weighted by Crippen LogP contribution is -2.00. The fraction of sp³-hybridized carbons (Fsp3) is 0. The molecule has 4 nitrogen and oxygen atoms in total. The van der Waals surface area contributed by atoms with Gasteiger partial charge < -0.3 is 4.57 Å². The average molecular weight is 733 g/mol. The first kappa shape index (κ1) is 32.2. The molecule has 5 heteroatoms. The highest BCUT2D eigenvalue weighted by molar-refractivity contribution is 7.25. The first-order valence-corrected chi connectivity index (χ1v) is 19.6. The maximum atomic E-state index is 5.20. The summed E-state index contributed by atoms with van der Waals surface area (Å²) in [7, 11) is 0. The van der Waals surface area contributed by atoms with E-state index in [1.807, 2.05) is 0 Å². The second-order valence-electron chi connectivity index (χ2n) is 14.1. The maximum absolute atomic E-state index is 5.20. The second kappa shape index (κ2) is 13.3. The number of thiophene rings is 1. The van der Waals surface area contributed by atoms with Crippen molar-refractivity contribution in [3.63, 3.8) is 0 Å². The van der Waals surface area contributed by atoms with Gasteiger partial charge in [0.15, 0.2) is 17.5 Å². The number of fused-ring (bicyclic) bond motifs is 6. The molecule has 11 aromatic rings. The average Bonchev–Trinajstić information content (AvgIpc) is 3.82. The Hall–Kier alpha value is -7.21. The lowest BCUT2D eigenvalue weighted by Gasteiger charge is -2.11. The van der Waals surface area contributed by atoms with Crippen LogP contribution < -0.4 is 0 Å². The molecule has 0 aliphatic heterocycles. The number of rotatable bonds is 6. The molecule has 0 saturated carbocycles. The molecule has 0 spiro atoms. The van der Waals surface area contributed by atoms with Gasteiger partial charge in [-0.2, -0.15) is 0 Å². The van der Waals surface area contributed by atoms with E-state index in [4.69, 9.17) is 15.0 Å². The zero-order valence-corrected chi connectivity index (χ0v) is 31.0. The Bertz CT molecular complexity index is 3240. The van der Waals surface area contributed by atoms with Crippen LogP contribution in [0.15, 0.2) is 194 Å². The van der Waals surface area contributed by atoms with Gasteiger partial charge in [-0.25, -0.2) is 15.0 Å². The van der Waals surface area contributed by atoms with E-state index in [-0.39, 0.29) is 0 Å². The van der Waals surface area contributed by atoms with Gasteiger partial charge in [-0.3, -0.25) is 0 Å². The third-order valence-electron chi connectivity index (χ3n) is 10.7. The fourth-order valence-corrected chi connectivity index (χ4v) is 9.06. The van der Waals surface area contributed by atoms with Crippen LogP contribution in [-0.2, 0) is 0 Å². The van der Waals surface area contributed by atoms with Crippen molar-refractivity contribution < 1.29 is 0 Å². The molecule has 262 valence electrons. The number of aromatic nitrogens is 4. The standard InChI is InChI=1S/C51H32N4S/c1-3-12-33(13-4-1)36-14-11-15-37(30-36)34-22-24-35(25-23-34)49-52-50(54-51(53-49)39-27-29-44-43-19-8-10-21-47(43)56-48(44)32-39)38-26-28-42-41-18-7-9-20-45(41)55(46(42)31-38)40-16-5-2-6-17-40/h1-32H. The number of nitrogens with zero attached hydrogens (tertiary/aromatic N) is 4. The Kier molecular flexibility index (Phi) is 7.64. The number of benzene rings is 8. The number of hydrogen-bond acceptors (Lipinski definition) is 4. The summed E-state index contributed by atoms with van der Waals surface area (Å²) in [5, 5.41) is 4.91. The third-order valence-corrected chi connectivity index (χ3v) is 11.8. The predicted octanol–water partition coefficient (Wildman–Crippen LogP) is 13.7. The monoisotopic (exact) mass is 732 g/mol. The summed E-state index contributed by atoms with van der Waals surface area (Å²) in [6.07, 6.45) is 0. The lowest BCUT2D eigenvalue weighted by atomic mass is 9.98. The van der Waals surface area contributed by atoms with E-state index < -0.39 is 0 Å². The molecular formula is C51H32N4S. The summed E-state index contributed by atoms with van der Waals surface area (Å²) in [6.45, 7) is 0. The summed E-state index contributed by atoms with van der Waals surface area (Å²) in [5.74, 6) is 1.91. The lowest BCUT2D eigenvalue weighted by molar-refractivity contribution is 1.07. The van der Waals surface area contributed by atoms with Crippen LogP contribution in [-0.4, -0.2) is 19.5 Å². The Labute approximate surface area is 327 Å². The summed E-state index contributed by atoms with van der Waals surface area (Å²) >= 11 is 1.80.